The van der Waals surface area contributed by atoms with E-state index in [0.29, 0.717) is 11.7 Å². The van der Waals surface area contributed by atoms with Gasteiger partial charge in [-0.15, -0.1) is 21.5 Å². The van der Waals surface area contributed by atoms with Gasteiger partial charge in [-0.2, -0.15) is 0 Å². The van der Waals surface area contributed by atoms with E-state index < -0.39 is 0 Å². The molecule has 0 bridgehead atoms. The lowest BCUT2D eigenvalue weighted by Gasteiger charge is -2.03. The molecule has 0 saturated carbocycles. The molecular formula is C20H24N4O2S2. The van der Waals surface area contributed by atoms with Crippen molar-refractivity contribution in [2.24, 2.45) is 0 Å². The zero-order chi connectivity index (χ0) is 19.8. The highest BCUT2D eigenvalue weighted by atomic mass is 32.1. The number of amides is 1. The highest BCUT2D eigenvalue weighted by Gasteiger charge is 2.11. The number of carbonyl (C=O) groups excluding carboxylic acids is 1. The number of nitrogens with one attached hydrogen (secondary N) is 1. The first-order chi connectivity index (χ1) is 13.6. The molecule has 0 atom stereocenters. The van der Waals surface area contributed by atoms with Gasteiger partial charge in [0.2, 0.25) is 11.0 Å². The van der Waals surface area contributed by atoms with E-state index in [1.165, 1.54) is 41.1 Å². The average molecular weight is 417 g/mol. The lowest BCUT2D eigenvalue weighted by Crippen LogP contribution is -2.14. The molecule has 148 valence electrons. The van der Waals surface area contributed by atoms with Crippen LogP contribution in [-0.4, -0.2) is 21.1 Å². The van der Waals surface area contributed by atoms with Crippen molar-refractivity contribution < 1.29 is 9.53 Å². The van der Waals surface area contributed by atoms with Crippen LogP contribution >= 0.6 is 22.7 Å². The standard InChI is InChI=1S/C20H24N4O2S2/c1-3-4-5-6-18-23-24-20(28-18)22-17(25)11-15-13-27-19(21-15)12-26-16-9-7-14(2)8-10-16/h7-10,13H,3-6,11-12H2,1-2H3,(H,22,24,25). The number of carbonyl (C=O) groups is 1. The normalized spacial score (nSPS) is 10.8. The number of rotatable bonds is 10. The number of anilines is 1. The number of aromatic nitrogens is 3. The maximum atomic E-state index is 12.2. The highest BCUT2D eigenvalue weighted by Crippen LogP contribution is 2.19. The molecule has 3 rings (SSSR count). The van der Waals surface area contributed by atoms with Crippen LogP contribution in [0.2, 0.25) is 0 Å². The van der Waals surface area contributed by atoms with E-state index in [9.17, 15) is 4.79 Å². The van der Waals surface area contributed by atoms with E-state index in [1.807, 2.05) is 36.6 Å². The Morgan fingerprint density at radius 1 is 1.14 bits per heavy atom. The van der Waals surface area contributed by atoms with Crippen molar-refractivity contribution in [3.05, 3.63) is 50.9 Å². The minimum Gasteiger partial charge on any atom is -0.486 e. The molecule has 1 aromatic carbocycles. The van der Waals surface area contributed by atoms with Gasteiger partial charge >= 0.3 is 0 Å². The number of ether oxygens (including phenoxy) is 1. The summed E-state index contributed by atoms with van der Waals surface area (Å²) in [6.07, 6.45) is 4.59. The molecule has 6 nitrogen and oxygen atoms in total. The van der Waals surface area contributed by atoms with Crippen molar-refractivity contribution in [1.82, 2.24) is 15.2 Å². The molecule has 2 aromatic heterocycles. The third-order valence-corrected chi connectivity index (χ3v) is 5.80. The fourth-order valence-electron chi connectivity index (χ4n) is 2.54. The number of benzene rings is 1. The minimum atomic E-state index is -0.132. The Morgan fingerprint density at radius 3 is 2.75 bits per heavy atom. The summed E-state index contributed by atoms with van der Waals surface area (Å²) in [4.78, 5) is 16.7. The minimum absolute atomic E-state index is 0.132. The molecule has 0 unspecified atom stereocenters. The van der Waals surface area contributed by atoms with Crippen LogP contribution in [0.1, 0.15) is 47.5 Å². The molecular weight excluding hydrogens is 392 g/mol. The molecule has 1 N–H and O–H groups in total. The average Bonchev–Trinajstić information content (AvgIpc) is 3.31. The second-order valence-corrected chi connectivity index (χ2v) is 8.52. The monoisotopic (exact) mass is 416 g/mol. The number of aryl methyl sites for hydroxylation is 2. The highest BCUT2D eigenvalue weighted by molar-refractivity contribution is 7.15. The number of thiazole rings is 1. The Labute approximate surface area is 173 Å². The van der Waals surface area contributed by atoms with Crippen LogP contribution in [0.5, 0.6) is 5.75 Å². The van der Waals surface area contributed by atoms with Crippen LogP contribution in [0, 0.1) is 6.92 Å². The molecule has 28 heavy (non-hydrogen) atoms. The molecule has 0 saturated heterocycles. The lowest BCUT2D eigenvalue weighted by molar-refractivity contribution is -0.115. The molecule has 0 fully saturated rings. The summed E-state index contributed by atoms with van der Waals surface area (Å²) in [6, 6.07) is 7.90. The molecule has 0 radical (unpaired) electrons. The summed E-state index contributed by atoms with van der Waals surface area (Å²) in [7, 11) is 0. The summed E-state index contributed by atoms with van der Waals surface area (Å²) >= 11 is 2.94. The van der Waals surface area contributed by atoms with E-state index >= 15 is 0 Å². The summed E-state index contributed by atoms with van der Waals surface area (Å²) in [5.74, 6) is 0.679. The number of unbranched alkanes of at least 4 members (excludes halogenated alkanes) is 2. The Balaban J connectivity index is 1.45. The molecule has 1 amide bonds. The van der Waals surface area contributed by atoms with Gasteiger partial charge in [0.25, 0.3) is 0 Å². The van der Waals surface area contributed by atoms with Crippen molar-refractivity contribution in [3.63, 3.8) is 0 Å². The van der Waals surface area contributed by atoms with Crippen LogP contribution in [0.25, 0.3) is 0 Å². The Hall–Kier alpha value is -2.32. The third-order valence-electron chi connectivity index (χ3n) is 4.03. The van der Waals surface area contributed by atoms with Crippen LogP contribution in [0.3, 0.4) is 0 Å². The first kappa shape index (κ1) is 20.4. The largest absolute Gasteiger partial charge is 0.486 e. The SMILES string of the molecule is CCCCCc1nnc(NC(=O)Cc2csc(COc3ccc(C)cc3)n2)s1. The van der Waals surface area contributed by atoms with Gasteiger partial charge in [-0.05, 0) is 25.5 Å². The topological polar surface area (TPSA) is 77.0 Å². The molecule has 0 aliphatic heterocycles. The Kier molecular flexibility index (Phi) is 7.50. The van der Waals surface area contributed by atoms with Crippen LogP contribution in [0.15, 0.2) is 29.6 Å². The second kappa shape index (κ2) is 10.3. The van der Waals surface area contributed by atoms with E-state index in [2.05, 4.69) is 27.4 Å². The van der Waals surface area contributed by atoms with Gasteiger partial charge in [0.15, 0.2) is 0 Å². The van der Waals surface area contributed by atoms with Crippen molar-refractivity contribution in [2.45, 2.75) is 52.6 Å². The number of hydrogen-bond donors (Lipinski definition) is 1. The number of nitrogens with zero attached hydrogens (tertiary/aromatic N) is 3. The van der Waals surface area contributed by atoms with E-state index in [4.69, 9.17) is 4.74 Å². The molecule has 0 aliphatic rings. The predicted octanol–water partition coefficient (Wildman–Crippen LogP) is 4.80. The molecule has 2 heterocycles. The van der Waals surface area contributed by atoms with Crippen LogP contribution < -0.4 is 10.1 Å². The van der Waals surface area contributed by atoms with Crippen LogP contribution in [0.4, 0.5) is 5.13 Å². The molecule has 0 spiro atoms. The van der Waals surface area contributed by atoms with Crippen molar-refractivity contribution >= 4 is 33.7 Å². The quantitative estimate of drug-likeness (QED) is 0.481. The van der Waals surface area contributed by atoms with Gasteiger partial charge in [-0.1, -0.05) is 48.8 Å². The molecule has 3 aromatic rings. The third kappa shape index (κ3) is 6.38. The van der Waals surface area contributed by atoms with E-state index in [0.717, 1.165) is 34.3 Å². The predicted molar refractivity (Wildman–Crippen MR) is 113 cm³/mol. The van der Waals surface area contributed by atoms with Gasteiger partial charge in [-0.3, -0.25) is 4.79 Å². The maximum absolute atomic E-state index is 12.2. The summed E-state index contributed by atoms with van der Waals surface area (Å²) < 4.78 is 5.73. The smallest absolute Gasteiger partial charge is 0.232 e. The van der Waals surface area contributed by atoms with Crippen LogP contribution in [-0.2, 0) is 24.2 Å². The Morgan fingerprint density at radius 2 is 1.96 bits per heavy atom. The molecule has 8 heteroatoms. The van der Waals surface area contributed by atoms with Crippen molar-refractivity contribution in [1.29, 1.82) is 0 Å². The zero-order valence-electron chi connectivity index (χ0n) is 16.1. The zero-order valence-corrected chi connectivity index (χ0v) is 17.7. The van der Waals surface area contributed by atoms with Crippen molar-refractivity contribution in [2.75, 3.05) is 5.32 Å². The summed E-state index contributed by atoms with van der Waals surface area (Å²) in [6.45, 7) is 4.61. The van der Waals surface area contributed by atoms with Gasteiger partial charge in [0.05, 0.1) is 12.1 Å². The maximum Gasteiger partial charge on any atom is 0.232 e. The first-order valence-corrected chi connectivity index (χ1v) is 11.1. The Bertz CT molecular complexity index is 890. The first-order valence-electron chi connectivity index (χ1n) is 9.37. The van der Waals surface area contributed by atoms with Gasteiger partial charge in [0.1, 0.15) is 22.4 Å². The van der Waals surface area contributed by atoms with Gasteiger partial charge in [-0.25, -0.2) is 4.98 Å². The lowest BCUT2D eigenvalue weighted by atomic mass is 10.2. The van der Waals surface area contributed by atoms with Gasteiger partial charge in [0, 0.05) is 11.8 Å². The van der Waals surface area contributed by atoms with E-state index in [1.54, 1.807) is 0 Å². The summed E-state index contributed by atoms with van der Waals surface area (Å²) in [5, 5.41) is 15.3. The summed E-state index contributed by atoms with van der Waals surface area (Å²) in [5.41, 5.74) is 1.93. The van der Waals surface area contributed by atoms with Gasteiger partial charge < -0.3 is 10.1 Å². The fraction of sp³-hybridized carbons (Fsp3) is 0.400. The van der Waals surface area contributed by atoms with E-state index in [-0.39, 0.29) is 12.3 Å². The molecule has 0 aliphatic carbocycles. The van der Waals surface area contributed by atoms with Crippen molar-refractivity contribution in [3.8, 4) is 5.75 Å². The number of hydrogen-bond acceptors (Lipinski definition) is 7. The second-order valence-electron chi connectivity index (χ2n) is 6.52. The fourth-order valence-corrected chi connectivity index (χ4v) is 4.04.